The summed E-state index contributed by atoms with van der Waals surface area (Å²) in [6.07, 6.45) is 3.95. The van der Waals surface area contributed by atoms with Crippen LogP contribution < -0.4 is 5.32 Å². The van der Waals surface area contributed by atoms with Crippen LogP contribution in [0.4, 0.5) is 0 Å². The van der Waals surface area contributed by atoms with Crippen molar-refractivity contribution in [2.24, 2.45) is 5.41 Å². The quantitative estimate of drug-likeness (QED) is 0.670. The van der Waals surface area contributed by atoms with Crippen LogP contribution >= 0.6 is 0 Å². The van der Waals surface area contributed by atoms with E-state index in [0.717, 1.165) is 19.3 Å². The number of carbonyl (C=O) groups excluding carboxylic acids is 1. The SMILES string of the molecule is C[C@H](CO)NC(=O)CC1(C(=O)O)CCCCC1. The number of carboxylic acids is 1. The molecule has 5 heteroatoms. The summed E-state index contributed by atoms with van der Waals surface area (Å²) in [6, 6.07) is -0.322. The average Bonchev–Trinajstić information content (AvgIpc) is 2.29. The molecule has 0 heterocycles. The van der Waals surface area contributed by atoms with Gasteiger partial charge in [0.2, 0.25) is 5.91 Å². The highest BCUT2D eigenvalue weighted by atomic mass is 16.4. The highest BCUT2D eigenvalue weighted by molar-refractivity contribution is 5.85. The Hall–Kier alpha value is -1.10. The normalized spacial score (nSPS) is 20.6. The minimum atomic E-state index is -0.891. The molecule has 0 unspecified atom stereocenters. The van der Waals surface area contributed by atoms with Gasteiger partial charge in [-0.15, -0.1) is 0 Å². The number of aliphatic hydroxyl groups is 1. The van der Waals surface area contributed by atoms with E-state index < -0.39 is 11.4 Å². The fourth-order valence-electron chi connectivity index (χ4n) is 2.37. The Bertz CT molecular complexity index is 284. The summed E-state index contributed by atoms with van der Waals surface area (Å²) in [6.45, 7) is 1.55. The van der Waals surface area contributed by atoms with Gasteiger partial charge in [-0.3, -0.25) is 9.59 Å². The predicted molar refractivity (Wildman–Crippen MR) is 62.5 cm³/mol. The first kappa shape index (κ1) is 14.0. The topological polar surface area (TPSA) is 86.6 Å². The van der Waals surface area contributed by atoms with E-state index in [1.807, 2.05) is 0 Å². The van der Waals surface area contributed by atoms with E-state index in [2.05, 4.69) is 5.32 Å². The minimum Gasteiger partial charge on any atom is -0.481 e. The molecule has 0 bridgehead atoms. The number of hydrogen-bond donors (Lipinski definition) is 3. The second kappa shape index (κ2) is 6.00. The molecule has 98 valence electrons. The summed E-state index contributed by atoms with van der Waals surface area (Å²) in [7, 11) is 0. The molecule has 1 aliphatic carbocycles. The zero-order valence-corrected chi connectivity index (χ0v) is 10.2. The predicted octanol–water partition coefficient (Wildman–Crippen LogP) is 0.909. The molecule has 1 amide bonds. The van der Waals surface area contributed by atoms with Crippen LogP contribution in [0.3, 0.4) is 0 Å². The molecule has 0 radical (unpaired) electrons. The molecule has 1 atom stereocenters. The lowest BCUT2D eigenvalue weighted by Gasteiger charge is -2.32. The van der Waals surface area contributed by atoms with Gasteiger partial charge in [0.25, 0.3) is 0 Å². The molecule has 5 nitrogen and oxygen atoms in total. The van der Waals surface area contributed by atoms with Crippen molar-refractivity contribution in [3.63, 3.8) is 0 Å². The van der Waals surface area contributed by atoms with Crippen molar-refractivity contribution in [1.82, 2.24) is 5.32 Å². The molecule has 0 saturated heterocycles. The van der Waals surface area contributed by atoms with Crippen LogP contribution in [0.15, 0.2) is 0 Å². The van der Waals surface area contributed by atoms with Crippen molar-refractivity contribution < 1.29 is 19.8 Å². The lowest BCUT2D eigenvalue weighted by Crippen LogP contribution is -2.42. The monoisotopic (exact) mass is 243 g/mol. The van der Waals surface area contributed by atoms with Crippen molar-refractivity contribution >= 4 is 11.9 Å². The number of rotatable bonds is 5. The van der Waals surface area contributed by atoms with Gasteiger partial charge in [-0.25, -0.2) is 0 Å². The van der Waals surface area contributed by atoms with Gasteiger partial charge in [-0.05, 0) is 19.8 Å². The van der Waals surface area contributed by atoms with Gasteiger partial charge in [0.05, 0.1) is 12.0 Å². The van der Waals surface area contributed by atoms with E-state index in [4.69, 9.17) is 5.11 Å². The summed E-state index contributed by atoms with van der Waals surface area (Å²) >= 11 is 0. The molecule has 17 heavy (non-hydrogen) atoms. The molecule has 3 N–H and O–H groups in total. The highest BCUT2D eigenvalue weighted by Gasteiger charge is 2.41. The summed E-state index contributed by atoms with van der Waals surface area (Å²) in [4.78, 5) is 23.0. The van der Waals surface area contributed by atoms with E-state index >= 15 is 0 Å². The third-order valence-electron chi connectivity index (χ3n) is 3.44. The molecule has 1 aliphatic rings. The first-order chi connectivity index (χ1) is 8.00. The van der Waals surface area contributed by atoms with Crippen LogP contribution in [-0.4, -0.2) is 34.7 Å². The third kappa shape index (κ3) is 3.70. The van der Waals surface area contributed by atoms with Gasteiger partial charge in [-0.1, -0.05) is 19.3 Å². The van der Waals surface area contributed by atoms with Crippen LogP contribution in [0.25, 0.3) is 0 Å². The fourth-order valence-corrected chi connectivity index (χ4v) is 2.37. The van der Waals surface area contributed by atoms with Crippen LogP contribution in [-0.2, 0) is 9.59 Å². The van der Waals surface area contributed by atoms with Crippen molar-refractivity contribution in [3.05, 3.63) is 0 Å². The largest absolute Gasteiger partial charge is 0.481 e. The Kier molecular flexibility index (Phi) is 4.93. The zero-order valence-electron chi connectivity index (χ0n) is 10.2. The lowest BCUT2D eigenvalue weighted by atomic mass is 9.71. The van der Waals surface area contributed by atoms with Gasteiger partial charge < -0.3 is 15.5 Å². The first-order valence-electron chi connectivity index (χ1n) is 6.14. The number of hydrogen-bond acceptors (Lipinski definition) is 3. The van der Waals surface area contributed by atoms with Crippen molar-refractivity contribution in [2.45, 2.75) is 51.5 Å². The van der Waals surface area contributed by atoms with E-state index in [0.29, 0.717) is 12.8 Å². The Morgan fingerprint density at radius 3 is 2.35 bits per heavy atom. The Labute approximate surface area is 101 Å². The molecule has 0 aromatic carbocycles. The smallest absolute Gasteiger partial charge is 0.310 e. The summed E-state index contributed by atoms with van der Waals surface area (Å²) < 4.78 is 0. The number of carbonyl (C=O) groups is 2. The number of carboxylic acid groups (broad SMARTS) is 1. The summed E-state index contributed by atoms with van der Waals surface area (Å²) in [5.74, 6) is -1.15. The van der Waals surface area contributed by atoms with Gasteiger partial charge in [0.1, 0.15) is 0 Å². The number of amides is 1. The van der Waals surface area contributed by atoms with Crippen molar-refractivity contribution in [3.8, 4) is 0 Å². The molecular weight excluding hydrogens is 222 g/mol. The molecule has 0 aliphatic heterocycles. The fraction of sp³-hybridized carbons (Fsp3) is 0.833. The maximum Gasteiger partial charge on any atom is 0.310 e. The Balaban J connectivity index is 2.60. The van der Waals surface area contributed by atoms with Crippen LogP contribution in [0, 0.1) is 5.41 Å². The van der Waals surface area contributed by atoms with E-state index in [1.165, 1.54) is 0 Å². The van der Waals surface area contributed by atoms with Crippen molar-refractivity contribution in [1.29, 1.82) is 0 Å². The molecular formula is C12H21NO4. The van der Waals surface area contributed by atoms with Gasteiger partial charge in [-0.2, -0.15) is 0 Å². The summed E-state index contributed by atoms with van der Waals surface area (Å²) in [5.41, 5.74) is -0.891. The zero-order chi connectivity index (χ0) is 12.9. The second-order valence-electron chi connectivity index (χ2n) is 4.97. The molecule has 1 saturated carbocycles. The highest BCUT2D eigenvalue weighted by Crippen LogP contribution is 2.39. The maximum atomic E-state index is 11.7. The lowest BCUT2D eigenvalue weighted by molar-refractivity contribution is -0.154. The van der Waals surface area contributed by atoms with E-state index in [9.17, 15) is 14.7 Å². The maximum absolute atomic E-state index is 11.7. The van der Waals surface area contributed by atoms with E-state index in [-0.39, 0.29) is 25.0 Å². The second-order valence-corrected chi connectivity index (χ2v) is 4.97. The number of aliphatic carboxylic acids is 1. The average molecular weight is 243 g/mol. The molecule has 1 fully saturated rings. The van der Waals surface area contributed by atoms with E-state index in [1.54, 1.807) is 6.92 Å². The molecule has 1 rings (SSSR count). The Morgan fingerprint density at radius 2 is 1.88 bits per heavy atom. The third-order valence-corrected chi connectivity index (χ3v) is 3.44. The minimum absolute atomic E-state index is 0.0205. The number of aliphatic hydroxyl groups excluding tert-OH is 1. The van der Waals surface area contributed by atoms with Gasteiger partial charge in [0, 0.05) is 12.5 Å². The first-order valence-corrected chi connectivity index (χ1v) is 6.14. The summed E-state index contributed by atoms with van der Waals surface area (Å²) in [5, 5.41) is 20.7. The van der Waals surface area contributed by atoms with Gasteiger partial charge in [0.15, 0.2) is 0 Å². The van der Waals surface area contributed by atoms with Gasteiger partial charge >= 0.3 is 5.97 Å². The molecule has 0 aromatic rings. The Morgan fingerprint density at radius 1 is 1.29 bits per heavy atom. The van der Waals surface area contributed by atoms with Crippen LogP contribution in [0.5, 0.6) is 0 Å². The number of nitrogens with one attached hydrogen (secondary N) is 1. The molecule has 0 aromatic heterocycles. The molecule has 0 spiro atoms. The van der Waals surface area contributed by atoms with Crippen molar-refractivity contribution in [2.75, 3.05) is 6.61 Å². The van der Waals surface area contributed by atoms with Crippen LogP contribution in [0.1, 0.15) is 45.4 Å². The standard InChI is InChI=1S/C12H21NO4/c1-9(8-14)13-10(15)7-12(11(16)17)5-3-2-4-6-12/h9,14H,2-8H2,1H3,(H,13,15)(H,16,17)/t9-/m1/s1. The van der Waals surface area contributed by atoms with Crippen LogP contribution in [0.2, 0.25) is 0 Å².